The first-order chi connectivity index (χ1) is 13.5. The SMILES string of the molecule is CCOC(=O)c1c(NC(=O)C2=C(C(=O)O)CCCC2)sc2c1CCCCCC2. The van der Waals surface area contributed by atoms with Crippen molar-refractivity contribution in [2.75, 3.05) is 11.9 Å². The topological polar surface area (TPSA) is 92.7 Å². The number of hydrogen-bond acceptors (Lipinski definition) is 5. The molecule has 152 valence electrons. The van der Waals surface area contributed by atoms with Gasteiger partial charge in [-0.25, -0.2) is 9.59 Å². The van der Waals surface area contributed by atoms with E-state index in [-0.39, 0.29) is 12.2 Å². The van der Waals surface area contributed by atoms with Crippen molar-refractivity contribution in [1.29, 1.82) is 0 Å². The number of hydrogen-bond donors (Lipinski definition) is 2. The number of ether oxygens (including phenoxy) is 1. The second kappa shape index (κ2) is 9.37. The summed E-state index contributed by atoms with van der Waals surface area (Å²) < 4.78 is 5.26. The molecule has 0 saturated carbocycles. The molecule has 0 unspecified atom stereocenters. The Labute approximate surface area is 169 Å². The maximum Gasteiger partial charge on any atom is 0.341 e. The Balaban J connectivity index is 1.96. The van der Waals surface area contributed by atoms with Gasteiger partial charge in [0.25, 0.3) is 5.91 Å². The third-order valence-corrected chi connectivity index (χ3v) is 6.59. The number of carbonyl (C=O) groups excluding carboxylic acids is 2. The van der Waals surface area contributed by atoms with E-state index in [9.17, 15) is 19.5 Å². The molecule has 6 nitrogen and oxygen atoms in total. The van der Waals surface area contributed by atoms with Gasteiger partial charge in [-0.2, -0.15) is 0 Å². The summed E-state index contributed by atoms with van der Waals surface area (Å²) in [7, 11) is 0. The van der Waals surface area contributed by atoms with Gasteiger partial charge in [0.1, 0.15) is 5.00 Å². The molecule has 7 heteroatoms. The minimum atomic E-state index is -1.03. The maximum absolute atomic E-state index is 12.9. The van der Waals surface area contributed by atoms with E-state index in [4.69, 9.17) is 4.74 Å². The molecule has 2 N–H and O–H groups in total. The van der Waals surface area contributed by atoms with Crippen LogP contribution in [-0.2, 0) is 27.2 Å². The molecule has 0 radical (unpaired) electrons. The number of amides is 1. The number of aliphatic carboxylic acids is 1. The molecular formula is C21H27NO5S. The second-order valence-electron chi connectivity index (χ2n) is 7.27. The van der Waals surface area contributed by atoms with Gasteiger partial charge < -0.3 is 15.2 Å². The van der Waals surface area contributed by atoms with Crippen molar-refractivity contribution >= 4 is 34.2 Å². The van der Waals surface area contributed by atoms with Gasteiger partial charge in [-0.15, -0.1) is 11.3 Å². The molecule has 1 heterocycles. The summed E-state index contributed by atoms with van der Waals surface area (Å²) in [5.41, 5.74) is 1.98. The van der Waals surface area contributed by atoms with E-state index in [2.05, 4.69) is 5.32 Å². The lowest BCUT2D eigenvalue weighted by Crippen LogP contribution is -2.22. The predicted molar refractivity (Wildman–Crippen MR) is 108 cm³/mol. The van der Waals surface area contributed by atoms with Crippen LogP contribution in [0.25, 0.3) is 0 Å². The number of aryl methyl sites for hydroxylation is 1. The Bertz CT molecular complexity index is 808. The number of carbonyl (C=O) groups is 3. The average molecular weight is 406 g/mol. The van der Waals surface area contributed by atoms with E-state index in [1.807, 2.05) is 0 Å². The summed E-state index contributed by atoms with van der Waals surface area (Å²) >= 11 is 1.44. The van der Waals surface area contributed by atoms with E-state index in [0.29, 0.717) is 29.0 Å². The van der Waals surface area contributed by atoms with Crippen molar-refractivity contribution in [3.63, 3.8) is 0 Å². The Hall–Kier alpha value is -2.15. The summed E-state index contributed by atoms with van der Waals surface area (Å²) in [6.07, 6.45) is 8.51. The summed E-state index contributed by atoms with van der Waals surface area (Å²) in [5, 5.41) is 12.8. The zero-order chi connectivity index (χ0) is 20.1. The quantitative estimate of drug-likeness (QED) is 0.705. The molecule has 1 amide bonds. The zero-order valence-electron chi connectivity index (χ0n) is 16.3. The molecule has 3 rings (SSSR count). The molecule has 28 heavy (non-hydrogen) atoms. The Morgan fingerprint density at radius 3 is 2.29 bits per heavy atom. The average Bonchev–Trinajstić information content (AvgIpc) is 2.98. The summed E-state index contributed by atoms with van der Waals surface area (Å²) in [5.74, 6) is -1.85. The van der Waals surface area contributed by atoms with Crippen LogP contribution in [0.2, 0.25) is 0 Å². The molecule has 1 aromatic heterocycles. The number of rotatable bonds is 5. The highest BCUT2D eigenvalue weighted by Gasteiger charge is 2.29. The van der Waals surface area contributed by atoms with Gasteiger partial charge in [-0.05, 0) is 63.9 Å². The largest absolute Gasteiger partial charge is 0.478 e. The van der Waals surface area contributed by atoms with Gasteiger partial charge >= 0.3 is 11.9 Å². The van der Waals surface area contributed by atoms with Crippen LogP contribution in [0, 0.1) is 0 Å². The molecular weight excluding hydrogens is 378 g/mol. The summed E-state index contributed by atoms with van der Waals surface area (Å²) in [6, 6.07) is 0. The molecule has 0 saturated heterocycles. The van der Waals surface area contributed by atoms with Crippen molar-refractivity contribution in [2.24, 2.45) is 0 Å². The fourth-order valence-corrected chi connectivity index (χ4v) is 5.27. The first-order valence-electron chi connectivity index (χ1n) is 10.1. The first-order valence-corrected chi connectivity index (χ1v) is 10.9. The number of carboxylic acid groups (broad SMARTS) is 1. The highest BCUT2D eigenvalue weighted by atomic mass is 32.1. The standard InChI is InChI=1S/C21H27NO5S/c1-2-27-21(26)17-15-11-5-3-4-6-12-16(15)28-19(17)22-18(23)13-9-7-8-10-14(13)20(24)25/h2-12H2,1H3,(H,22,23)(H,24,25). The van der Waals surface area contributed by atoms with Crippen molar-refractivity contribution in [3.05, 3.63) is 27.2 Å². The molecule has 0 aliphatic heterocycles. The highest BCUT2D eigenvalue weighted by Crippen LogP contribution is 2.38. The van der Waals surface area contributed by atoms with Crippen LogP contribution in [0.3, 0.4) is 0 Å². The van der Waals surface area contributed by atoms with Crippen LogP contribution in [0.15, 0.2) is 11.1 Å². The molecule has 2 aliphatic carbocycles. The van der Waals surface area contributed by atoms with E-state index in [1.54, 1.807) is 6.92 Å². The summed E-state index contributed by atoms with van der Waals surface area (Å²) in [6.45, 7) is 2.03. The van der Waals surface area contributed by atoms with E-state index in [0.717, 1.165) is 55.4 Å². The molecule has 0 bridgehead atoms. The molecule has 0 atom stereocenters. The lowest BCUT2D eigenvalue weighted by Gasteiger charge is -2.17. The van der Waals surface area contributed by atoms with Crippen LogP contribution in [0.4, 0.5) is 5.00 Å². The van der Waals surface area contributed by atoms with Gasteiger partial charge in [0.15, 0.2) is 0 Å². The highest BCUT2D eigenvalue weighted by molar-refractivity contribution is 7.17. The number of esters is 1. The van der Waals surface area contributed by atoms with Crippen LogP contribution in [0.1, 0.15) is 79.1 Å². The van der Waals surface area contributed by atoms with E-state index < -0.39 is 17.8 Å². The fourth-order valence-electron chi connectivity index (χ4n) is 4.00. The van der Waals surface area contributed by atoms with Crippen molar-refractivity contribution in [2.45, 2.75) is 71.1 Å². The lowest BCUT2D eigenvalue weighted by atomic mass is 9.91. The number of thiophene rings is 1. The molecule has 0 spiro atoms. The molecule has 0 aromatic carbocycles. The monoisotopic (exact) mass is 405 g/mol. The minimum Gasteiger partial charge on any atom is -0.478 e. The van der Waals surface area contributed by atoms with Gasteiger partial charge in [0.05, 0.1) is 12.2 Å². The smallest absolute Gasteiger partial charge is 0.341 e. The first kappa shape index (κ1) is 20.6. The third kappa shape index (κ3) is 4.46. The van der Waals surface area contributed by atoms with Crippen LogP contribution < -0.4 is 5.32 Å². The van der Waals surface area contributed by atoms with Gasteiger partial charge in [0.2, 0.25) is 0 Å². The van der Waals surface area contributed by atoms with Gasteiger partial charge in [-0.3, -0.25) is 4.79 Å². The number of fused-ring (bicyclic) bond motifs is 1. The normalized spacial score (nSPS) is 17.3. The molecule has 2 aliphatic rings. The van der Waals surface area contributed by atoms with Gasteiger partial charge in [-0.1, -0.05) is 12.8 Å². The minimum absolute atomic E-state index is 0.191. The lowest BCUT2D eigenvalue weighted by molar-refractivity contribution is -0.133. The summed E-state index contributed by atoms with van der Waals surface area (Å²) in [4.78, 5) is 38.2. The van der Waals surface area contributed by atoms with Crippen molar-refractivity contribution in [3.8, 4) is 0 Å². The van der Waals surface area contributed by atoms with Crippen LogP contribution in [-0.4, -0.2) is 29.6 Å². The maximum atomic E-state index is 12.9. The van der Waals surface area contributed by atoms with Crippen LogP contribution in [0.5, 0.6) is 0 Å². The van der Waals surface area contributed by atoms with Crippen LogP contribution >= 0.6 is 11.3 Å². The van der Waals surface area contributed by atoms with Crippen molar-refractivity contribution in [1.82, 2.24) is 0 Å². The van der Waals surface area contributed by atoms with Crippen molar-refractivity contribution < 1.29 is 24.2 Å². The van der Waals surface area contributed by atoms with Gasteiger partial charge in [0, 0.05) is 16.0 Å². The zero-order valence-corrected chi connectivity index (χ0v) is 17.1. The third-order valence-electron chi connectivity index (χ3n) is 5.38. The molecule has 1 aromatic rings. The number of anilines is 1. The number of carboxylic acids is 1. The van der Waals surface area contributed by atoms with E-state index in [1.165, 1.54) is 17.8 Å². The predicted octanol–water partition coefficient (Wildman–Crippen LogP) is 4.48. The fraction of sp³-hybridized carbons (Fsp3) is 0.571. The second-order valence-corrected chi connectivity index (χ2v) is 8.37. The Kier molecular flexibility index (Phi) is 6.88. The van der Waals surface area contributed by atoms with E-state index >= 15 is 0 Å². The number of nitrogens with one attached hydrogen (secondary N) is 1. The molecule has 0 fully saturated rings. The Morgan fingerprint density at radius 2 is 1.61 bits per heavy atom. The Morgan fingerprint density at radius 1 is 0.964 bits per heavy atom.